The van der Waals surface area contributed by atoms with Gasteiger partial charge in [-0.3, -0.25) is 14.9 Å². The highest BCUT2D eigenvalue weighted by atomic mass is 16.6. The summed E-state index contributed by atoms with van der Waals surface area (Å²) in [5.41, 5.74) is 1.09. The Morgan fingerprint density at radius 1 is 1.40 bits per heavy atom. The molecule has 0 aliphatic rings. The van der Waals surface area contributed by atoms with E-state index in [-0.39, 0.29) is 18.1 Å². The number of aromatic nitrogens is 1. The van der Waals surface area contributed by atoms with E-state index in [0.717, 1.165) is 0 Å². The molecule has 0 aliphatic heterocycles. The summed E-state index contributed by atoms with van der Waals surface area (Å²) in [5, 5.41) is 10.7. The van der Waals surface area contributed by atoms with Crippen LogP contribution in [0.5, 0.6) is 5.75 Å². The molecule has 6 nitrogen and oxygen atoms in total. The number of ether oxygens (including phenoxy) is 1. The van der Waals surface area contributed by atoms with Crippen LogP contribution in [0.1, 0.15) is 16.1 Å². The molecule has 1 heterocycles. The van der Waals surface area contributed by atoms with E-state index in [2.05, 4.69) is 0 Å². The van der Waals surface area contributed by atoms with Crippen LogP contribution in [0.4, 0.5) is 5.69 Å². The van der Waals surface area contributed by atoms with Gasteiger partial charge in [0, 0.05) is 24.9 Å². The SMILES string of the molecule is Cc1cc(OCC(=O)c2cccn2C)ccc1[N+](=O)[O-]. The fraction of sp³-hybridized carbons (Fsp3) is 0.214. The number of rotatable bonds is 5. The lowest BCUT2D eigenvalue weighted by Gasteiger charge is -2.07. The van der Waals surface area contributed by atoms with Crippen molar-refractivity contribution in [3.63, 3.8) is 0 Å². The maximum Gasteiger partial charge on any atom is 0.272 e. The normalized spacial score (nSPS) is 10.3. The molecule has 6 heteroatoms. The standard InChI is InChI=1S/C14H14N2O4/c1-10-8-11(5-6-12(10)16(18)19)20-9-14(17)13-4-3-7-15(13)2/h3-8H,9H2,1-2H3. The molecule has 20 heavy (non-hydrogen) atoms. The Labute approximate surface area is 115 Å². The van der Waals surface area contributed by atoms with Crippen molar-refractivity contribution in [1.29, 1.82) is 0 Å². The zero-order valence-electron chi connectivity index (χ0n) is 11.2. The third kappa shape index (κ3) is 2.85. The molecule has 0 spiro atoms. The topological polar surface area (TPSA) is 74.4 Å². The van der Waals surface area contributed by atoms with Crippen molar-refractivity contribution in [3.05, 3.63) is 57.9 Å². The van der Waals surface area contributed by atoms with E-state index in [4.69, 9.17) is 4.74 Å². The molecule has 0 bridgehead atoms. The van der Waals surface area contributed by atoms with Crippen LogP contribution in [0.3, 0.4) is 0 Å². The lowest BCUT2D eigenvalue weighted by molar-refractivity contribution is -0.385. The highest BCUT2D eigenvalue weighted by Crippen LogP contribution is 2.23. The van der Waals surface area contributed by atoms with Crippen LogP contribution in [0.2, 0.25) is 0 Å². The van der Waals surface area contributed by atoms with Gasteiger partial charge in [-0.15, -0.1) is 0 Å². The van der Waals surface area contributed by atoms with Gasteiger partial charge in [-0.1, -0.05) is 0 Å². The fourth-order valence-electron chi connectivity index (χ4n) is 1.90. The zero-order chi connectivity index (χ0) is 14.7. The van der Waals surface area contributed by atoms with Gasteiger partial charge in [0.15, 0.2) is 6.61 Å². The van der Waals surface area contributed by atoms with Crippen molar-refractivity contribution in [1.82, 2.24) is 4.57 Å². The molecule has 1 aromatic carbocycles. The number of ketones is 1. The predicted molar refractivity (Wildman–Crippen MR) is 73.1 cm³/mol. The van der Waals surface area contributed by atoms with E-state index in [0.29, 0.717) is 17.0 Å². The van der Waals surface area contributed by atoms with Gasteiger partial charge in [0.2, 0.25) is 5.78 Å². The number of carbonyl (C=O) groups is 1. The zero-order valence-corrected chi connectivity index (χ0v) is 11.2. The highest BCUT2D eigenvalue weighted by molar-refractivity contribution is 5.95. The number of aryl methyl sites for hydroxylation is 2. The van der Waals surface area contributed by atoms with Gasteiger partial charge in [0.05, 0.1) is 10.6 Å². The quantitative estimate of drug-likeness (QED) is 0.477. The fourth-order valence-corrected chi connectivity index (χ4v) is 1.90. The third-order valence-corrected chi connectivity index (χ3v) is 2.96. The van der Waals surface area contributed by atoms with Crippen molar-refractivity contribution in [2.45, 2.75) is 6.92 Å². The summed E-state index contributed by atoms with van der Waals surface area (Å²) in [4.78, 5) is 22.2. The average molecular weight is 274 g/mol. The van der Waals surface area contributed by atoms with E-state index < -0.39 is 4.92 Å². The maximum atomic E-state index is 11.9. The lowest BCUT2D eigenvalue weighted by atomic mass is 10.2. The molecule has 0 N–H and O–H groups in total. The summed E-state index contributed by atoms with van der Waals surface area (Å²) in [6.45, 7) is 1.53. The Kier molecular flexibility index (Phi) is 3.84. The summed E-state index contributed by atoms with van der Waals surface area (Å²) < 4.78 is 7.09. The molecular weight excluding hydrogens is 260 g/mol. The van der Waals surface area contributed by atoms with Crippen LogP contribution in [-0.4, -0.2) is 21.9 Å². The number of hydrogen-bond donors (Lipinski definition) is 0. The molecule has 0 aliphatic carbocycles. The number of carbonyl (C=O) groups excluding carboxylic acids is 1. The monoisotopic (exact) mass is 274 g/mol. The maximum absolute atomic E-state index is 11.9. The molecule has 0 atom stereocenters. The first-order chi connectivity index (χ1) is 9.49. The second kappa shape index (κ2) is 5.56. The van der Waals surface area contributed by atoms with Gasteiger partial charge in [-0.25, -0.2) is 0 Å². The predicted octanol–water partition coefficient (Wildman–Crippen LogP) is 2.50. The van der Waals surface area contributed by atoms with E-state index >= 15 is 0 Å². The van der Waals surface area contributed by atoms with Gasteiger partial charge in [0.1, 0.15) is 5.75 Å². The van der Waals surface area contributed by atoms with E-state index in [1.807, 2.05) is 0 Å². The molecule has 0 unspecified atom stereocenters. The van der Waals surface area contributed by atoms with E-state index in [1.54, 1.807) is 42.9 Å². The molecule has 104 valence electrons. The Morgan fingerprint density at radius 2 is 2.15 bits per heavy atom. The minimum absolute atomic E-state index is 0.0334. The van der Waals surface area contributed by atoms with Crippen LogP contribution in [0.15, 0.2) is 36.5 Å². The number of nitrogens with zero attached hydrogens (tertiary/aromatic N) is 2. The second-order valence-corrected chi connectivity index (χ2v) is 4.42. The summed E-state index contributed by atoms with van der Waals surface area (Å²) in [5.74, 6) is 0.296. The highest BCUT2D eigenvalue weighted by Gasteiger charge is 2.13. The van der Waals surface area contributed by atoms with Gasteiger partial charge >= 0.3 is 0 Å². The van der Waals surface area contributed by atoms with Crippen LogP contribution < -0.4 is 4.74 Å². The Hall–Kier alpha value is -2.63. The van der Waals surface area contributed by atoms with E-state index in [9.17, 15) is 14.9 Å². The molecule has 0 amide bonds. The molecule has 2 rings (SSSR count). The van der Waals surface area contributed by atoms with Gasteiger partial charge in [0.25, 0.3) is 5.69 Å². The Bertz CT molecular complexity index is 661. The molecule has 0 saturated heterocycles. The lowest BCUT2D eigenvalue weighted by Crippen LogP contribution is -2.14. The number of Topliss-reactive ketones (excluding diaryl/α,β-unsaturated/α-hetero) is 1. The largest absolute Gasteiger partial charge is 0.485 e. The summed E-state index contributed by atoms with van der Waals surface area (Å²) in [6.07, 6.45) is 1.78. The minimum atomic E-state index is -0.450. The van der Waals surface area contributed by atoms with Gasteiger partial charge in [-0.2, -0.15) is 0 Å². The van der Waals surface area contributed by atoms with Crippen molar-refractivity contribution in [2.75, 3.05) is 6.61 Å². The number of nitro benzene ring substituents is 1. The van der Waals surface area contributed by atoms with Crippen LogP contribution in [0, 0.1) is 17.0 Å². The summed E-state index contributed by atoms with van der Waals surface area (Å²) in [7, 11) is 1.78. The van der Waals surface area contributed by atoms with Crippen molar-refractivity contribution in [3.8, 4) is 5.75 Å². The van der Waals surface area contributed by atoms with E-state index in [1.165, 1.54) is 12.1 Å². The smallest absolute Gasteiger partial charge is 0.272 e. The van der Waals surface area contributed by atoms with Crippen LogP contribution in [-0.2, 0) is 7.05 Å². The Morgan fingerprint density at radius 3 is 2.70 bits per heavy atom. The molecule has 0 fully saturated rings. The van der Waals surface area contributed by atoms with Gasteiger partial charge < -0.3 is 9.30 Å². The molecule has 1 aromatic heterocycles. The first kappa shape index (κ1) is 13.8. The number of hydrogen-bond acceptors (Lipinski definition) is 4. The first-order valence-corrected chi connectivity index (χ1v) is 6.01. The Balaban J connectivity index is 2.05. The molecule has 0 radical (unpaired) electrons. The molecule has 2 aromatic rings. The van der Waals surface area contributed by atoms with Crippen LogP contribution in [0.25, 0.3) is 0 Å². The minimum Gasteiger partial charge on any atom is -0.485 e. The second-order valence-electron chi connectivity index (χ2n) is 4.42. The number of nitro groups is 1. The third-order valence-electron chi connectivity index (χ3n) is 2.96. The molecule has 0 saturated carbocycles. The van der Waals surface area contributed by atoms with Crippen molar-refractivity contribution in [2.24, 2.45) is 7.05 Å². The number of benzene rings is 1. The molecular formula is C14H14N2O4. The van der Waals surface area contributed by atoms with Gasteiger partial charge in [-0.05, 0) is 31.2 Å². The first-order valence-electron chi connectivity index (χ1n) is 6.01. The summed E-state index contributed by atoms with van der Waals surface area (Å²) >= 11 is 0. The van der Waals surface area contributed by atoms with Crippen molar-refractivity contribution < 1.29 is 14.5 Å². The average Bonchev–Trinajstić information content (AvgIpc) is 2.82. The van der Waals surface area contributed by atoms with Crippen molar-refractivity contribution >= 4 is 11.5 Å². The van der Waals surface area contributed by atoms with Crippen LogP contribution >= 0.6 is 0 Å². The summed E-state index contributed by atoms with van der Waals surface area (Å²) in [6, 6.07) is 7.91.